The maximum absolute atomic E-state index is 12.7. The van der Waals surface area contributed by atoms with Gasteiger partial charge >= 0.3 is 5.97 Å². The average Bonchev–Trinajstić information content (AvgIpc) is 2.94. The van der Waals surface area contributed by atoms with Crippen molar-refractivity contribution in [1.82, 2.24) is 9.78 Å². The molecular formula is C16H17ClN2O6S. The van der Waals surface area contributed by atoms with E-state index >= 15 is 0 Å². The molecule has 0 amide bonds. The van der Waals surface area contributed by atoms with E-state index in [0.717, 1.165) is 19.4 Å². The van der Waals surface area contributed by atoms with Crippen LogP contribution < -0.4 is 0 Å². The number of ketones is 1. The largest absolute Gasteiger partial charge is 0.493 e. The molecule has 0 saturated carbocycles. The molecule has 0 atom stereocenters. The molecule has 8 nitrogen and oxygen atoms in total. The molecule has 0 bridgehead atoms. The summed E-state index contributed by atoms with van der Waals surface area (Å²) in [4.78, 5) is 24.4. The Morgan fingerprint density at radius 1 is 1.27 bits per heavy atom. The van der Waals surface area contributed by atoms with Gasteiger partial charge in [-0.15, -0.1) is 0 Å². The van der Waals surface area contributed by atoms with Gasteiger partial charge in [0, 0.05) is 11.8 Å². The Bertz CT molecular complexity index is 994. The molecule has 0 fully saturated rings. The number of hydrogen-bond acceptors (Lipinski definition) is 7. The van der Waals surface area contributed by atoms with Gasteiger partial charge in [0.05, 0.1) is 34.8 Å². The summed E-state index contributed by atoms with van der Waals surface area (Å²) < 4.78 is 29.6. The molecule has 1 aromatic carbocycles. The van der Waals surface area contributed by atoms with Crippen molar-refractivity contribution in [2.24, 2.45) is 0 Å². The van der Waals surface area contributed by atoms with E-state index < -0.39 is 27.2 Å². The van der Waals surface area contributed by atoms with E-state index in [0.29, 0.717) is 0 Å². The number of halogens is 1. The maximum Gasteiger partial charge on any atom is 0.340 e. The van der Waals surface area contributed by atoms with Gasteiger partial charge in [0.2, 0.25) is 11.7 Å². The van der Waals surface area contributed by atoms with E-state index in [1.54, 1.807) is 13.8 Å². The van der Waals surface area contributed by atoms with Crippen LogP contribution in [0.4, 0.5) is 0 Å². The number of carbonyl (C=O) groups excluding carboxylic acids is 2. The molecule has 0 aliphatic rings. The molecule has 1 N–H and O–H groups in total. The molecule has 26 heavy (non-hydrogen) atoms. The van der Waals surface area contributed by atoms with E-state index in [2.05, 4.69) is 9.84 Å². The topological polar surface area (TPSA) is 116 Å². The number of sulfone groups is 1. The summed E-state index contributed by atoms with van der Waals surface area (Å²) in [5.74, 6) is -2.05. The van der Waals surface area contributed by atoms with Gasteiger partial charge in [-0.3, -0.25) is 4.79 Å². The lowest BCUT2D eigenvalue weighted by atomic mass is 10.0. The third-order valence-corrected chi connectivity index (χ3v) is 5.17. The lowest BCUT2D eigenvalue weighted by Crippen LogP contribution is -2.14. The lowest BCUT2D eigenvalue weighted by molar-refractivity contribution is 0.0596. The van der Waals surface area contributed by atoms with Crippen molar-refractivity contribution in [2.75, 3.05) is 13.4 Å². The van der Waals surface area contributed by atoms with Gasteiger partial charge in [-0.05, 0) is 26.0 Å². The smallest absolute Gasteiger partial charge is 0.340 e. The minimum Gasteiger partial charge on any atom is -0.493 e. The predicted molar refractivity (Wildman–Crippen MR) is 93.6 cm³/mol. The van der Waals surface area contributed by atoms with Crippen LogP contribution in [0, 0.1) is 0 Å². The number of methoxy groups -OCH3 is 1. The number of aromatic nitrogens is 2. The van der Waals surface area contributed by atoms with Gasteiger partial charge in [-0.1, -0.05) is 11.6 Å². The predicted octanol–water partition coefficient (Wildman–Crippen LogP) is 2.24. The zero-order chi connectivity index (χ0) is 19.8. The Morgan fingerprint density at radius 2 is 1.88 bits per heavy atom. The number of aromatic hydroxyl groups is 1. The van der Waals surface area contributed by atoms with Gasteiger partial charge in [0.25, 0.3) is 0 Å². The van der Waals surface area contributed by atoms with Crippen molar-refractivity contribution in [3.05, 3.63) is 40.0 Å². The summed E-state index contributed by atoms with van der Waals surface area (Å²) in [6, 6.07) is 2.09. The summed E-state index contributed by atoms with van der Waals surface area (Å²) >= 11 is 6.17. The Morgan fingerprint density at radius 3 is 2.35 bits per heavy atom. The van der Waals surface area contributed by atoms with Crippen LogP contribution in [0.2, 0.25) is 5.02 Å². The monoisotopic (exact) mass is 400 g/mol. The second-order valence-electron chi connectivity index (χ2n) is 5.81. The zero-order valence-corrected chi connectivity index (χ0v) is 16.1. The fraction of sp³-hybridized carbons (Fsp3) is 0.312. The fourth-order valence-electron chi connectivity index (χ4n) is 2.37. The van der Waals surface area contributed by atoms with Crippen LogP contribution in [-0.4, -0.2) is 48.4 Å². The van der Waals surface area contributed by atoms with Gasteiger partial charge in [-0.25, -0.2) is 17.9 Å². The molecule has 0 aliphatic heterocycles. The third-order valence-electron chi connectivity index (χ3n) is 3.64. The highest BCUT2D eigenvalue weighted by Crippen LogP contribution is 2.32. The standard InChI is InChI=1S/C16H17ClN2O6S/c1-8(2)19-15(21)10(7-18-19)14(20)9-5-6-11(26(4,23)24)12(13(9)17)16(22)25-3/h5-8,21H,1-4H3. The molecule has 0 radical (unpaired) electrons. The molecule has 1 aromatic heterocycles. The van der Waals surface area contributed by atoms with E-state index in [-0.39, 0.29) is 33.0 Å². The van der Waals surface area contributed by atoms with Gasteiger partial charge in [0.15, 0.2) is 9.84 Å². The average molecular weight is 401 g/mol. The van der Waals surface area contributed by atoms with Crippen LogP contribution in [-0.2, 0) is 14.6 Å². The van der Waals surface area contributed by atoms with Crippen LogP contribution >= 0.6 is 11.6 Å². The highest BCUT2D eigenvalue weighted by Gasteiger charge is 2.29. The summed E-state index contributed by atoms with van der Waals surface area (Å²) in [7, 11) is -2.73. The van der Waals surface area contributed by atoms with Crippen molar-refractivity contribution < 1.29 is 27.9 Å². The van der Waals surface area contributed by atoms with Crippen molar-refractivity contribution in [3.8, 4) is 5.88 Å². The molecule has 2 aromatic rings. The Kier molecular flexibility index (Phi) is 5.43. The Labute approximate surface area is 155 Å². The first-order chi connectivity index (χ1) is 12.0. The normalized spacial score (nSPS) is 11.6. The number of benzene rings is 1. The van der Waals surface area contributed by atoms with Crippen molar-refractivity contribution in [1.29, 1.82) is 0 Å². The maximum atomic E-state index is 12.7. The van der Waals surface area contributed by atoms with Crippen LogP contribution in [0.25, 0.3) is 0 Å². The summed E-state index contributed by atoms with van der Waals surface area (Å²) in [5.41, 5.74) is -0.708. The number of rotatable bonds is 5. The van der Waals surface area contributed by atoms with Gasteiger partial charge in [-0.2, -0.15) is 5.10 Å². The van der Waals surface area contributed by atoms with E-state index in [4.69, 9.17) is 11.6 Å². The molecule has 0 aliphatic carbocycles. The van der Waals surface area contributed by atoms with Crippen molar-refractivity contribution in [2.45, 2.75) is 24.8 Å². The second kappa shape index (κ2) is 7.08. The van der Waals surface area contributed by atoms with Gasteiger partial charge < -0.3 is 9.84 Å². The Hall–Kier alpha value is -2.39. The molecule has 0 unspecified atom stereocenters. The highest BCUT2D eigenvalue weighted by molar-refractivity contribution is 7.90. The third kappa shape index (κ3) is 3.45. The highest BCUT2D eigenvalue weighted by atomic mass is 35.5. The van der Waals surface area contributed by atoms with Crippen molar-refractivity contribution in [3.63, 3.8) is 0 Å². The van der Waals surface area contributed by atoms with E-state index in [1.165, 1.54) is 16.9 Å². The van der Waals surface area contributed by atoms with Crippen LogP contribution in [0.3, 0.4) is 0 Å². The van der Waals surface area contributed by atoms with Crippen LogP contribution in [0.15, 0.2) is 23.2 Å². The Balaban J connectivity index is 2.68. The minimum absolute atomic E-state index is 0.122. The number of carbonyl (C=O) groups is 2. The van der Waals surface area contributed by atoms with Crippen LogP contribution in [0.5, 0.6) is 5.88 Å². The number of ether oxygens (including phenoxy) is 1. The molecule has 2 rings (SSSR count). The first-order valence-corrected chi connectivity index (χ1v) is 9.69. The first-order valence-electron chi connectivity index (χ1n) is 7.42. The van der Waals surface area contributed by atoms with Crippen molar-refractivity contribution >= 4 is 33.2 Å². The minimum atomic E-state index is -3.80. The lowest BCUT2D eigenvalue weighted by Gasteiger charge is -2.12. The number of hydrogen-bond donors (Lipinski definition) is 1. The van der Waals surface area contributed by atoms with Gasteiger partial charge in [0.1, 0.15) is 5.56 Å². The number of nitrogens with zero attached hydrogens (tertiary/aromatic N) is 2. The van der Waals surface area contributed by atoms with Crippen LogP contribution in [0.1, 0.15) is 46.2 Å². The SMILES string of the molecule is COC(=O)c1c(S(C)(=O)=O)ccc(C(=O)c2cnn(C(C)C)c2O)c1Cl. The second-order valence-corrected chi connectivity index (χ2v) is 8.18. The quantitative estimate of drug-likeness (QED) is 0.604. The fourth-order valence-corrected chi connectivity index (χ4v) is 3.63. The number of esters is 1. The summed E-state index contributed by atoms with van der Waals surface area (Å²) in [6.45, 7) is 3.54. The summed E-state index contributed by atoms with van der Waals surface area (Å²) in [6.07, 6.45) is 2.08. The van der Waals surface area contributed by atoms with E-state index in [9.17, 15) is 23.1 Å². The molecule has 10 heteroatoms. The van der Waals surface area contributed by atoms with E-state index in [1.807, 2.05) is 0 Å². The molecular weight excluding hydrogens is 384 g/mol. The zero-order valence-electron chi connectivity index (χ0n) is 14.5. The molecule has 1 heterocycles. The molecule has 140 valence electrons. The molecule has 0 spiro atoms. The molecule has 0 saturated heterocycles. The first kappa shape index (κ1) is 19.9. The summed E-state index contributed by atoms with van der Waals surface area (Å²) in [5, 5.41) is 13.7.